The van der Waals surface area contributed by atoms with E-state index >= 15 is 0 Å². The van der Waals surface area contributed by atoms with Gasteiger partial charge < -0.3 is 9.80 Å². The summed E-state index contributed by atoms with van der Waals surface area (Å²) in [5.41, 5.74) is 0.342. The number of piperazine rings is 1. The molecule has 0 spiro atoms. The first-order valence-electron chi connectivity index (χ1n) is 8.49. The van der Waals surface area contributed by atoms with E-state index in [-0.39, 0.29) is 16.7 Å². The zero-order valence-corrected chi connectivity index (χ0v) is 15.5. The molecule has 0 atom stereocenters. The monoisotopic (exact) mass is 367 g/mol. The first-order chi connectivity index (χ1) is 11.8. The average molecular weight is 367 g/mol. The molecule has 0 aliphatic carbocycles. The van der Waals surface area contributed by atoms with Gasteiger partial charge in [0.2, 0.25) is 15.9 Å². The van der Waals surface area contributed by atoms with E-state index in [1.807, 2.05) is 6.92 Å². The quantitative estimate of drug-likeness (QED) is 0.762. The molecule has 1 aromatic carbocycles. The van der Waals surface area contributed by atoms with Crippen LogP contribution in [-0.2, 0) is 14.8 Å². The maximum Gasteiger partial charge on any atom is 0.254 e. The van der Waals surface area contributed by atoms with E-state index in [2.05, 4.69) is 4.72 Å². The van der Waals surface area contributed by atoms with Gasteiger partial charge in [0.25, 0.3) is 5.91 Å². The van der Waals surface area contributed by atoms with Crippen molar-refractivity contribution in [3.8, 4) is 0 Å². The van der Waals surface area contributed by atoms with Gasteiger partial charge in [-0.2, -0.15) is 0 Å². The number of amides is 2. The van der Waals surface area contributed by atoms with Gasteiger partial charge in [-0.3, -0.25) is 9.59 Å². The van der Waals surface area contributed by atoms with E-state index in [4.69, 9.17) is 0 Å². The molecule has 7 nitrogen and oxygen atoms in total. The summed E-state index contributed by atoms with van der Waals surface area (Å²) in [6.07, 6.45) is 1.66. The van der Waals surface area contributed by atoms with Gasteiger partial charge in [0.15, 0.2) is 0 Å². The van der Waals surface area contributed by atoms with Crippen LogP contribution >= 0.6 is 0 Å². The highest BCUT2D eigenvalue weighted by molar-refractivity contribution is 7.89. The van der Waals surface area contributed by atoms with Crippen LogP contribution in [0.15, 0.2) is 29.2 Å². The highest BCUT2D eigenvalue weighted by Crippen LogP contribution is 2.15. The Labute approximate surface area is 149 Å². The van der Waals surface area contributed by atoms with Gasteiger partial charge in [-0.05, 0) is 24.6 Å². The fraction of sp³-hybridized carbons (Fsp3) is 0.529. The fourth-order valence-corrected chi connectivity index (χ4v) is 3.79. The molecule has 1 heterocycles. The lowest BCUT2D eigenvalue weighted by atomic mass is 10.2. The molecule has 2 rings (SSSR count). The zero-order chi connectivity index (χ0) is 18.4. The summed E-state index contributed by atoms with van der Waals surface area (Å²) in [7, 11) is -3.61. The number of benzene rings is 1. The molecular formula is C17H25N3O4S. The molecule has 1 saturated heterocycles. The van der Waals surface area contributed by atoms with Gasteiger partial charge in [0.05, 0.1) is 4.90 Å². The molecule has 1 aliphatic rings. The maximum atomic E-state index is 12.6. The van der Waals surface area contributed by atoms with E-state index in [1.54, 1.807) is 21.9 Å². The Hall–Kier alpha value is -1.93. The Bertz CT molecular complexity index is 725. The highest BCUT2D eigenvalue weighted by Gasteiger charge is 2.24. The molecule has 8 heteroatoms. The van der Waals surface area contributed by atoms with Crippen molar-refractivity contribution in [1.29, 1.82) is 0 Å². The molecule has 138 valence electrons. The number of hydrogen-bond donors (Lipinski definition) is 1. The molecule has 1 aliphatic heterocycles. The number of nitrogens with zero attached hydrogens (tertiary/aromatic N) is 2. The van der Waals surface area contributed by atoms with E-state index in [0.29, 0.717) is 38.3 Å². The molecule has 0 unspecified atom stereocenters. The molecule has 1 fully saturated rings. The summed E-state index contributed by atoms with van der Waals surface area (Å²) in [5.74, 6) is -0.216. The molecule has 0 radical (unpaired) electrons. The van der Waals surface area contributed by atoms with Crippen molar-refractivity contribution in [3.63, 3.8) is 0 Å². The van der Waals surface area contributed by atoms with Crippen LogP contribution in [0.1, 0.15) is 37.0 Å². The second-order valence-corrected chi connectivity index (χ2v) is 7.84. The van der Waals surface area contributed by atoms with Crippen LogP contribution in [0, 0.1) is 0 Å². The third kappa shape index (κ3) is 5.02. The van der Waals surface area contributed by atoms with Gasteiger partial charge >= 0.3 is 0 Å². The van der Waals surface area contributed by atoms with E-state index in [0.717, 1.165) is 12.8 Å². The third-order valence-electron chi connectivity index (χ3n) is 4.23. The fourth-order valence-electron chi connectivity index (χ4n) is 2.67. The number of carbonyl (C=O) groups excluding carboxylic acids is 2. The Morgan fingerprint density at radius 2 is 1.76 bits per heavy atom. The first-order valence-corrected chi connectivity index (χ1v) is 9.98. The van der Waals surface area contributed by atoms with E-state index < -0.39 is 10.0 Å². The Kier molecular flexibility index (Phi) is 6.55. The molecule has 2 amide bonds. The topological polar surface area (TPSA) is 86.8 Å². The molecule has 0 saturated carbocycles. The van der Waals surface area contributed by atoms with Gasteiger partial charge in [0, 0.05) is 45.2 Å². The second kappa shape index (κ2) is 8.44. The summed E-state index contributed by atoms with van der Waals surface area (Å²) in [6, 6.07) is 6.09. The number of rotatable bonds is 6. The second-order valence-electron chi connectivity index (χ2n) is 6.08. The molecule has 0 aromatic heterocycles. The largest absolute Gasteiger partial charge is 0.339 e. The van der Waals surface area contributed by atoms with Gasteiger partial charge in [0.1, 0.15) is 0 Å². The Balaban J connectivity index is 2.08. The minimum absolute atomic E-state index is 0.00153. The van der Waals surface area contributed by atoms with Crippen LogP contribution in [0.3, 0.4) is 0 Å². The van der Waals surface area contributed by atoms with Crippen LogP contribution in [0.25, 0.3) is 0 Å². The molecule has 25 heavy (non-hydrogen) atoms. The minimum atomic E-state index is -3.61. The van der Waals surface area contributed by atoms with Crippen molar-refractivity contribution in [2.24, 2.45) is 0 Å². The molecule has 1 N–H and O–H groups in total. The normalized spacial score (nSPS) is 15.3. The van der Waals surface area contributed by atoms with E-state index in [9.17, 15) is 18.0 Å². The Morgan fingerprint density at radius 3 is 2.36 bits per heavy atom. The first kappa shape index (κ1) is 19.4. The number of nitrogens with one attached hydrogen (secondary N) is 1. The number of unbranched alkanes of at least 4 members (excludes halogenated alkanes) is 1. The summed E-state index contributed by atoms with van der Waals surface area (Å²) >= 11 is 0. The predicted octanol–water partition coefficient (Wildman–Crippen LogP) is 1.07. The van der Waals surface area contributed by atoms with Gasteiger partial charge in [-0.1, -0.05) is 19.4 Å². The lowest BCUT2D eigenvalue weighted by molar-refractivity contribution is -0.130. The van der Waals surface area contributed by atoms with Crippen molar-refractivity contribution in [1.82, 2.24) is 14.5 Å². The average Bonchev–Trinajstić information content (AvgIpc) is 2.61. The summed E-state index contributed by atoms with van der Waals surface area (Å²) in [6.45, 7) is 5.77. The SMILES string of the molecule is CCCCNS(=O)(=O)c1cccc(C(=O)N2CCN(C(C)=O)CC2)c1. The minimum Gasteiger partial charge on any atom is -0.339 e. The lowest BCUT2D eigenvalue weighted by Crippen LogP contribution is -2.50. The van der Waals surface area contributed by atoms with Crippen molar-refractivity contribution < 1.29 is 18.0 Å². The van der Waals surface area contributed by atoms with Gasteiger partial charge in [-0.15, -0.1) is 0 Å². The number of hydrogen-bond acceptors (Lipinski definition) is 4. The number of sulfonamides is 1. The smallest absolute Gasteiger partial charge is 0.254 e. The summed E-state index contributed by atoms with van der Waals surface area (Å²) < 4.78 is 27.1. The van der Waals surface area contributed by atoms with E-state index in [1.165, 1.54) is 19.1 Å². The zero-order valence-electron chi connectivity index (χ0n) is 14.7. The van der Waals surface area contributed by atoms with Crippen LogP contribution in [-0.4, -0.2) is 62.8 Å². The molecule has 1 aromatic rings. The van der Waals surface area contributed by atoms with Crippen molar-refractivity contribution in [3.05, 3.63) is 29.8 Å². The van der Waals surface area contributed by atoms with Crippen molar-refractivity contribution in [2.75, 3.05) is 32.7 Å². The molecule has 0 bridgehead atoms. The van der Waals surface area contributed by atoms with Crippen molar-refractivity contribution >= 4 is 21.8 Å². The summed E-state index contributed by atoms with van der Waals surface area (Å²) in [4.78, 5) is 27.4. The third-order valence-corrected chi connectivity index (χ3v) is 5.68. The molecular weight excluding hydrogens is 342 g/mol. The number of carbonyl (C=O) groups is 2. The lowest BCUT2D eigenvalue weighted by Gasteiger charge is -2.34. The maximum absolute atomic E-state index is 12.6. The van der Waals surface area contributed by atoms with Crippen LogP contribution < -0.4 is 4.72 Å². The van der Waals surface area contributed by atoms with Crippen LogP contribution in [0.4, 0.5) is 0 Å². The highest BCUT2D eigenvalue weighted by atomic mass is 32.2. The van der Waals surface area contributed by atoms with Crippen molar-refractivity contribution in [2.45, 2.75) is 31.6 Å². The van der Waals surface area contributed by atoms with Gasteiger partial charge in [-0.25, -0.2) is 13.1 Å². The standard InChI is InChI=1S/C17H25N3O4S/c1-3-4-8-18-25(23,24)16-7-5-6-15(13-16)17(22)20-11-9-19(10-12-20)14(2)21/h5-7,13,18H,3-4,8-12H2,1-2H3. The summed E-state index contributed by atoms with van der Waals surface area (Å²) in [5, 5.41) is 0. The predicted molar refractivity (Wildman–Crippen MR) is 94.7 cm³/mol. The Morgan fingerprint density at radius 1 is 1.12 bits per heavy atom. The van der Waals surface area contributed by atoms with Crippen LogP contribution in [0.5, 0.6) is 0 Å². The van der Waals surface area contributed by atoms with Crippen LogP contribution in [0.2, 0.25) is 0 Å².